The third kappa shape index (κ3) is 6.36. The van der Waals surface area contributed by atoms with Crippen LogP contribution in [-0.4, -0.2) is 60.8 Å². The normalized spacial score (nSPS) is 17.6. The largest absolute Gasteiger partial charge is 0.469 e. The number of hydrogen-bond acceptors (Lipinski definition) is 7. The number of halogens is 1. The molecule has 9 heteroatoms. The fraction of sp³-hybridized carbons (Fsp3) is 0.423. The van der Waals surface area contributed by atoms with Crippen LogP contribution >= 0.6 is 0 Å². The third-order valence-corrected chi connectivity index (χ3v) is 6.09. The molecule has 1 fully saturated rings. The first-order valence-corrected chi connectivity index (χ1v) is 11.7. The van der Waals surface area contributed by atoms with Crippen molar-refractivity contribution in [2.75, 3.05) is 32.2 Å². The molecule has 4 rings (SSSR count). The Labute approximate surface area is 203 Å². The number of rotatable bonds is 10. The maximum atomic E-state index is 14.1. The van der Waals surface area contributed by atoms with Crippen LogP contribution in [0.3, 0.4) is 0 Å². The van der Waals surface area contributed by atoms with E-state index in [0.29, 0.717) is 30.1 Å². The molecule has 0 radical (unpaired) electrons. The van der Waals surface area contributed by atoms with Crippen molar-refractivity contribution < 1.29 is 27.9 Å². The number of hydrogen-bond donors (Lipinski definition) is 1. The molecule has 1 N–H and O–H groups in total. The molecule has 0 bridgehead atoms. The van der Waals surface area contributed by atoms with Crippen molar-refractivity contribution in [3.05, 3.63) is 53.6 Å². The van der Waals surface area contributed by atoms with Crippen molar-refractivity contribution in [2.24, 2.45) is 0 Å². The molecular formula is C26H30FN3O5. The summed E-state index contributed by atoms with van der Waals surface area (Å²) in [5.41, 5.74) is 3.99. The molecule has 2 heterocycles. The number of fused-ring (bicyclic) bond motifs is 1. The van der Waals surface area contributed by atoms with Crippen LogP contribution in [0.15, 0.2) is 46.9 Å². The Morgan fingerprint density at radius 2 is 2.09 bits per heavy atom. The number of esters is 1. The number of alkyl halides is 1. The Hall–Kier alpha value is -3.46. The van der Waals surface area contributed by atoms with Crippen LogP contribution in [-0.2, 0) is 25.5 Å². The summed E-state index contributed by atoms with van der Waals surface area (Å²) in [4.78, 5) is 30.2. The van der Waals surface area contributed by atoms with Crippen LogP contribution in [0.1, 0.15) is 30.4 Å². The number of oxazole rings is 1. The molecular weight excluding hydrogens is 453 g/mol. The number of ether oxygens (including phenoxy) is 2. The van der Waals surface area contributed by atoms with E-state index in [9.17, 15) is 14.0 Å². The van der Waals surface area contributed by atoms with Crippen LogP contribution in [0.2, 0.25) is 0 Å². The van der Waals surface area contributed by atoms with Crippen LogP contribution in [0.5, 0.6) is 0 Å². The lowest BCUT2D eigenvalue weighted by Gasteiger charge is -2.24. The highest BCUT2D eigenvalue weighted by atomic mass is 19.1. The maximum absolute atomic E-state index is 14.1. The highest BCUT2D eigenvalue weighted by molar-refractivity contribution is 5.82. The molecule has 1 aliphatic heterocycles. The van der Waals surface area contributed by atoms with Gasteiger partial charge >= 0.3 is 5.97 Å². The number of anilines is 2. The van der Waals surface area contributed by atoms with Gasteiger partial charge in [0.2, 0.25) is 5.91 Å². The zero-order valence-electron chi connectivity index (χ0n) is 20.0. The van der Waals surface area contributed by atoms with E-state index >= 15 is 0 Å². The van der Waals surface area contributed by atoms with Crippen LogP contribution < -0.4 is 5.32 Å². The van der Waals surface area contributed by atoms with E-state index in [-0.39, 0.29) is 50.3 Å². The van der Waals surface area contributed by atoms with Crippen LogP contribution in [0.25, 0.3) is 11.1 Å². The van der Waals surface area contributed by atoms with Gasteiger partial charge < -0.3 is 24.1 Å². The summed E-state index contributed by atoms with van der Waals surface area (Å²) in [6, 6.07) is 13.3. The maximum Gasteiger partial charge on any atom is 0.305 e. The van der Waals surface area contributed by atoms with Gasteiger partial charge in [0, 0.05) is 25.1 Å². The summed E-state index contributed by atoms with van der Waals surface area (Å²) in [5.74, 6) is -0.456. The van der Waals surface area contributed by atoms with Gasteiger partial charge in [0.1, 0.15) is 11.7 Å². The first-order chi connectivity index (χ1) is 16.9. The fourth-order valence-corrected chi connectivity index (χ4v) is 4.20. The highest BCUT2D eigenvalue weighted by Crippen LogP contribution is 2.26. The van der Waals surface area contributed by atoms with E-state index in [1.54, 1.807) is 11.0 Å². The molecule has 1 saturated heterocycles. The number of para-hydroxylation sites is 1. The van der Waals surface area contributed by atoms with E-state index in [4.69, 9.17) is 9.15 Å². The van der Waals surface area contributed by atoms with Crippen molar-refractivity contribution in [3.8, 4) is 0 Å². The Balaban J connectivity index is 1.35. The molecule has 8 nitrogen and oxygen atoms in total. The molecule has 3 aromatic rings. The zero-order valence-corrected chi connectivity index (χ0v) is 20.0. The molecule has 2 aromatic carbocycles. The van der Waals surface area contributed by atoms with Crippen LogP contribution in [0, 0.1) is 6.92 Å². The molecule has 0 spiro atoms. The Morgan fingerprint density at radius 1 is 1.26 bits per heavy atom. The van der Waals surface area contributed by atoms with Gasteiger partial charge in [-0.25, -0.2) is 4.39 Å². The number of nitrogens with one attached hydrogen (secondary N) is 1. The predicted molar refractivity (Wildman–Crippen MR) is 129 cm³/mol. The number of amides is 1. The van der Waals surface area contributed by atoms with Gasteiger partial charge in [-0.2, -0.15) is 4.98 Å². The van der Waals surface area contributed by atoms with Crippen molar-refractivity contribution in [2.45, 2.75) is 44.8 Å². The fourth-order valence-electron chi connectivity index (χ4n) is 4.20. The van der Waals surface area contributed by atoms with Crippen molar-refractivity contribution in [1.29, 1.82) is 0 Å². The van der Waals surface area contributed by atoms with Crippen molar-refractivity contribution in [3.63, 3.8) is 0 Å². The van der Waals surface area contributed by atoms with Gasteiger partial charge in [-0.1, -0.05) is 24.3 Å². The second-order valence-electron chi connectivity index (χ2n) is 8.73. The van der Waals surface area contributed by atoms with E-state index in [1.165, 1.54) is 7.11 Å². The van der Waals surface area contributed by atoms with Gasteiger partial charge in [0.05, 0.1) is 32.7 Å². The quantitative estimate of drug-likeness (QED) is 0.339. The number of aromatic nitrogens is 1. The predicted octanol–water partition coefficient (Wildman–Crippen LogP) is 4.33. The molecule has 0 saturated carbocycles. The van der Waals surface area contributed by atoms with Gasteiger partial charge in [-0.05, 0) is 42.7 Å². The Kier molecular flexibility index (Phi) is 7.97. The second-order valence-corrected chi connectivity index (χ2v) is 8.73. The molecule has 35 heavy (non-hydrogen) atoms. The second kappa shape index (κ2) is 11.3. The molecule has 2 unspecified atom stereocenters. The summed E-state index contributed by atoms with van der Waals surface area (Å²) in [6.07, 6.45) is 0.0848. The minimum atomic E-state index is -1.07. The smallest absolute Gasteiger partial charge is 0.305 e. The highest BCUT2D eigenvalue weighted by Gasteiger charge is 2.35. The molecule has 1 aliphatic rings. The summed E-state index contributed by atoms with van der Waals surface area (Å²) in [7, 11) is 1.34. The average molecular weight is 484 g/mol. The molecule has 2 atom stereocenters. The first-order valence-electron chi connectivity index (χ1n) is 11.7. The number of aryl methyl sites for hydroxylation is 1. The van der Waals surface area contributed by atoms with Crippen LogP contribution in [0.4, 0.5) is 16.1 Å². The van der Waals surface area contributed by atoms with Gasteiger partial charge in [-0.15, -0.1) is 0 Å². The van der Waals surface area contributed by atoms with E-state index in [1.807, 2.05) is 43.3 Å². The summed E-state index contributed by atoms with van der Waals surface area (Å²) in [6.45, 7) is 2.65. The minimum absolute atomic E-state index is 0.0596. The number of methoxy groups -OCH3 is 1. The SMILES string of the molecule is COC(=O)CCCOCC1CC(F)CN1C(=O)Cc1ccc2nc(Nc3ccccc3C)oc2c1. The van der Waals surface area contributed by atoms with Crippen molar-refractivity contribution in [1.82, 2.24) is 9.88 Å². The average Bonchev–Trinajstić information content (AvgIpc) is 3.42. The number of carbonyl (C=O) groups excluding carboxylic acids is 2. The van der Waals surface area contributed by atoms with E-state index in [0.717, 1.165) is 16.8 Å². The van der Waals surface area contributed by atoms with Gasteiger partial charge in [0.15, 0.2) is 5.58 Å². The van der Waals surface area contributed by atoms with Crippen molar-refractivity contribution >= 4 is 34.7 Å². The molecule has 1 amide bonds. The molecule has 1 aromatic heterocycles. The number of carbonyl (C=O) groups is 2. The van der Waals surface area contributed by atoms with E-state index in [2.05, 4.69) is 15.0 Å². The lowest BCUT2D eigenvalue weighted by molar-refractivity contribution is -0.141. The zero-order chi connectivity index (χ0) is 24.8. The van der Waals surface area contributed by atoms with Gasteiger partial charge in [0.25, 0.3) is 6.01 Å². The molecule has 186 valence electrons. The van der Waals surface area contributed by atoms with E-state index < -0.39 is 6.17 Å². The monoisotopic (exact) mass is 483 g/mol. The number of likely N-dealkylation sites (tertiary alicyclic amines) is 1. The first kappa shape index (κ1) is 24.7. The number of nitrogens with zero attached hydrogens (tertiary/aromatic N) is 2. The summed E-state index contributed by atoms with van der Waals surface area (Å²) in [5, 5.41) is 3.18. The third-order valence-electron chi connectivity index (χ3n) is 6.09. The molecule has 0 aliphatic carbocycles. The Morgan fingerprint density at radius 3 is 2.89 bits per heavy atom. The Bertz CT molecular complexity index is 1180. The lowest BCUT2D eigenvalue weighted by atomic mass is 10.1. The standard InChI is InChI=1S/C26H30FN3O5/c1-17-6-3-4-7-21(17)28-26-29-22-10-9-18(12-23(22)35-26)13-24(31)30-15-19(27)14-20(30)16-34-11-5-8-25(32)33-2/h3-4,6-7,9-10,12,19-20H,5,8,11,13-16H2,1-2H3,(H,28,29). The minimum Gasteiger partial charge on any atom is -0.469 e. The summed E-state index contributed by atoms with van der Waals surface area (Å²) >= 11 is 0. The number of benzene rings is 2. The topological polar surface area (TPSA) is 93.9 Å². The summed E-state index contributed by atoms with van der Waals surface area (Å²) < 4.78 is 30.2. The lowest BCUT2D eigenvalue weighted by Crippen LogP contribution is -2.39. The van der Waals surface area contributed by atoms with Gasteiger partial charge in [-0.3, -0.25) is 9.59 Å².